The van der Waals surface area contributed by atoms with Crippen LogP contribution in [0.3, 0.4) is 0 Å². The first kappa shape index (κ1) is 23.6. The van der Waals surface area contributed by atoms with E-state index >= 15 is 0 Å². The molecule has 33 heavy (non-hydrogen) atoms. The van der Waals surface area contributed by atoms with Crippen LogP contribution in [0.25, 0.3) is 0 Å². The Morgan fingerprint density at radius 2 is 1.33 bits per heavy atom. The minimum Gasteiger partial charge on any atom is -0.326 e. The van der Waals surface area contributed by atoms with E-state index in [0.29, 0.717) is 16.9 Å². The van der Waals surface area contributed by atoms with Crippen molar-refractivity contribution < 1.29 is 22.8 Å². The molecule has 0 fully saturated rings. The second-order valence-corrected chi connectivity index (χ2v) is 8.85. The molecule has 0 aromatic heterocycles. The molecule has 4 N–H and O–H groups in total. The normalized spacial score (nSPS) is 10.8. The monoisotopic (exact) mass is 466 g/mol. The van der Waals surface area contributed by atoms with Crippen LogP contribution in [0.15, 0.2) is 77.7 Å². The summed E-state index contributed by atoms with van der Waals surface area (Å²) in [5, 5.41) is 5.27. The van der Waals surface area contributed by atoms with Crippen LogP contribution in [0.2, 0.25) is 0 Å². The highest BCUT2D eigenvalue weighted by Gasteiger charge is 2.16. The molecule has 0 spiro atoms. The Hall–Kier alpha value is -4.02. The van der Waals surface area contributed by atoms with Crippen LogP contribution < -0.4 is 20.9 Å². The van der Waals surface area contributed by atoms with Crippen molar-refractivity contribution in [2.24, 2.45) is 0 Å². The first-order valence-corrected chi connectivity index (χ1v) is 11.3. The molecule has 0 atom stereocenters. The van der Waals surface area contributed by atoms with Crippen LogP contribution in [0, 0.1) is 6.92 Å². The van der Waals surface area contributed by atoms with Crippen molar-refractivity contribution in [2.75, 3.05) is 10.6 Å². The Labute approximate surface area is 191 Å². The summed E-state index contributed by atoms with van der Waals surface area (Å²) >= 11 is 0. The second-order valence-electron chi connectivity index (χ2n) is 7.17. The zero-order valence-corrected chi connectivity index (χ0v) is 18.7. The van der Waals surface area contributed by atoms with Crippen molar-refractivity contribution in [3.05, 3.63) is 89.5 Å². The highest BCUT2D eigenvalue weighted by molar-refractivity contribution is 7.89. The van der Waals surface area contributed by atoms with E-state index in [1.54, 1.807) is 18.2 Å². The predicted octanol–water partition coefficient (Wildman–Crippen LogP) is 2.83. The minimum absolute atomic E-state index is 0.0916. The maximum absolute atomic E-state index is 12.4. The summed E-state index contributed by atoms with van der Waals surface area (Å²) in [4.78, 5) is 37.6. The Bertz CT molecular complexity index is 1290. The fourth-order valence-corrected chi connectivity index (χ4v) is 3.70. The van der Waals surface area contributed by atoms with E-state index in [2.05, 4.69) is 16.1 Å². The van der Waals surface area contributed by atoms with E-state index in [1.165, 1.54) is 55.5 Å². The summed E-state index contributed by atoms with van der Waals surface area (Å²) in [6, 6.07) is 18.6. The molecule has 0 radical (unpaired) electrons. The van der Waals surface area contributed by atoms with Gasteiger partial charge in [0.25, 0.3) is 21.8 Å². The zero-order chi connectivity index (χ0) is 24.0. The van der Waals surface area contributed by atoms with Crippen molar-refractivity contribution in [2.45, 2.75) is 18.7 Å². The van der Waals surface area contributed by atoms with E-state index in [9.17, 15) is 22.8 Å². The van der Waals surface area contributed by atoms with Gasteiger partial charge in [0.15, 0.2) is 0 Å². The maximum Gasteiger partial charge on any atom is 0.266 e. The van der Waals surface area contributed by atoms with Crippen molar-refractivity contribution in [3.8, 4) is 0 Å². The van der Waals surface area contributed by atoms with Gasteiger partial charge in [-0.05, 0) is 67.6 Å². The standard InChI is InChI=1S/C23H22N4O5S/c1-15-4-3-5-18(14-15)22(29)25-20-8-6-17(7-9-20)23(30)26-27-33(31,32)21-12-10-19(11-13-21)24-16(2)28/h3-14,27H,1-2H3,(H,24,28)(H,25,29)(H,26,30). The number of hydrazine groups is 1. The van der Waals surface area contributed by atoms with Gasteiger partial charge in [-0.2, -0.15) is 0 Å². The quantitative estimate of drug-likeness (QED) is 0.397. The third kappa shape index (κ3) is 6.48. The number of aryl methyl sites for hydroxylation is 1. The van der Waals surface area contributed by atoms with Crippen LogP contribution in [0.4, 0.5) is 11.4 Å². The van der Waals surface area contributed by atoms with Gasteiger partial charge in [-0.1, -0.05) is 17.7 Å². The number of sulfonamides is 1. The molecular formula is C23H22N4O5S. The number of hydrogen-bond acceptors (Lipinski definition) is 5. The molecule has 9 nitrogen and oxygen atoms in total. The lowest BCUT2D eigenvalue weighted by Gasteiger charge is -2.10. The molecule has 3 aromatic carbocycles. The van der Waals surface area contributed by atoms with E-state index in [1.807, 2.05) is 17.8 Å². The van der Waals surface area contributed by atoms with Crippen LogP contribution in [-0.2, 0) is 14.8 Å². The van der Waals surface area contributed by atoms with Gasteiger partial charge in [0, 0.05) is 29.4 Å². The molecular weight excluding hydrogens is 444 g/mol. The van der Waals surface area contributed by atoms with Gasteiger partial charge >= 0.3 is 0 Å². The summed E-state index contributed by atoms with van der Waals surface area (Å²) in [7, 11) is -4.02. The topological polar surface area (TPSA) is 133 Å². The SMILES string of the molecule is CC(=O)Nc1ccc(S(=O)(=O)NNC(=O)c2ccc(NC(=O)c3cccc(C)c3)cc2)cc1. The van der Waals surface area contributed by atoms with E-state index in [4.69, 9.17) is 0 Å². The molecule has 170 valence electrons. The Morgan fingerprint density at radius 1 is 0.727 bits per heavy atom. The fraction of sp³-hybridized carbons (Fsp3) is 0.0870. The zero-order valence-electron chi connectivity index (χ0n) is 17.9. The highest BCUT2D eigenvalue weighted by Crippen LogP contribution is 2.15. The number of benzene rings is 3. The van der Waals surface area contributed by atoms with E-state index < -0.39 is 15.9 Å². The van der Waals surface area contributed by atoms with Crippen molar-refractivity contribution >= 4 is 39.1 Å². The third-order valence-electron chi connectivity index (χ3n) is 4.47. The number of amides is 3. The molecule has 10 heteroatoms. The van der Waals surface area contributed by atoms with Crippen LogP contribution in [-0.4, -0.2) is 26.1 Å². The molecule has 0 saturated carbocycles. The van der Waals surface area contributed by atoms with Gasteiger partial charge in [0.05, 0.1) is 4.90 Å². The summed E-state index contributed by atoms with van der Waals surface area (Å²) in [6.07, 6.45) is 0. The molecule has 0 saturated heterocycles. The summed E-state index contributed by atoms with van der Waals surface area (Å²) in [5.74, 6) is -1.24. The number of nitrogens with one attached hydrogen (secondary N) is 4. The smallest absolute Gasteiger partial charge is 0.266 e. The van der Waals surface area contributed by atoms with E-state index in [0.717, 1.165) is 5.56 Å². The number of carbonyl (C=O) groups excluding carboxylic acids is 3. The number of anilines is 2. The molecule has 0 unspecified atom stereocenters. The van der Waals surface area contributed by atoms with Gasteiger partial charge in [-0.25, -0.2) is 8.42 Å². The van der Waals surface area contributed by atoms with Crippen molar-refractivity contribution in [3.63, 3.8) is 0 Å². The molecule has 3 rings (SSSR count). The summed E-state index contributed by atoms with van der Waals surface area (Å²) in [6.45, 7) is 3.23. The van der Waals surface area contributed by atoms with E-state index in [-0.39, 0.29) is 22.3 Å². The molecule has 0 aliphatic carbocycles. The molecule has 0 aliphatic rings. The number of rotatable bonds is 7. The molecule has 3 aromatic rings. The van der Waals surface area contributed by atoms with Crippen molar-refractivity contribution in [1.82, 2.24) is 10.3 Å². The lowest BCUT2D eigenvalue weighted by molar-refractivity contribution is -0.114. The second kappa shape index (κ2) is 10.1. The molecule has 0 bridgehead atoms. The van der Waals surface area contributed by atoms with Gasteiger partial charge in [-0.15, -0.1) is 4.83 Å². The first-order chi connectivity index (χ1) is 15.6. The predicted molar refractivity (Wildman–Crippen MR) is 124 cm³/mol. The first-order valence-electron chi connectivity index (χ1n) is 9.82. The van der Waals surface area contributed by atoms with Crippen LogP contribution in [0.1, 0.15) is 33.2 Å². The van der Waals surface area contributed by atoms with Gasteiger partial charge < -0.3 is 10.6 Å². The number of hydrogen-bond donors (Lipinski definition) is 4. The Kier molecular flexibility index (Phi) is 7.21. The molecule has 0 heterocycles. The summed E-state index contributed by atoms with van der Waals surface area (Å²) in [5.41, 5.74) is 4.73. The largest absolute Gasteiger partial charge is 0.326 e. The fourth-order valence-electron chi connectivity index (χ4n) is 2.86. The van der Waals surface area contributed by atoms with Gasteiger partial charge in [0.1, 0.15) is 0 Å². The van der Waals surface area contributed by atoms with Gasteiger partial charge in [0.2, 0.25) is 5.91 Å². The van der Waals surface area contributed by atoms with Gasteiger partial charge in [-0.3, -0.25) is 19.8 Å². The van der Waals surface area contributed by atoms with Crippen LogP contribution in [0.5, 0.6) is 0 Å². The molecule has 0 aliphatic heterocycles. The Balaban J connectivity index is 1.59. The Morgan fingerprint density at radius 3 is 1.94 bits per heavy atom. The third-order valence-corrected chi connectivity index (χ3v) is 5.73. The average molecular weight is 467 g/mol. The lowest BCUT2D eigenvalue weighted by atomic mass is 10.1. The molecule has 3 amide bonds. The minimum atomic E-state index is -4.02. The van der Waals surface area contributed by atoms with Crippen molar-refractivity contribution in [1.29, 1.82) is 0 Å². The number of carbonyl (C=O) groups is 3. The maximum atomic E-state index is 12.4. The van der Waals surface area contributed by atoms with Crippen LogP contribution >= 0.6 is 0 Å². The average Bonchev–Trinajstić information content (AvgIpc) is 2.78. The summed E-state index contributed by atoms with van der Waals surface area (Å²) < 4.78 is 24.7. The lowest BCUT2D eigenvalue weighted by Crippen LogP contribution is -2.41. The highest BCUT2D eigenvalue weighted by atomic mass is 32.2.